The Morgan fingerprint density at radius 3 is 2.47 bits per heavy atom. The van der Waals surface area contributed by atoms with Gasteiger partial charge in [0, 0.05) is 0 Å². The molecule has 1 aromatic heterocycles. The third-order valence-corrected chi connectivity index (χ3v) is 2.03. The number of aliphatic hydroxyl groups excluding tert-OH is 1. The molecule has 78 valence electrons. The highest BCUT2D eigenvalue weighted by Gasteiger charge is 2.16. The van der Waals surface area contributed by atoms with Gasteiger partial charge in [0.05, 0.1) is 0 Å². The lowest BCUT2D eigenvalue weighted by molar-refractivity contribution is 0.176. The summed E-state index contributed by atoms with van der Waals surface area (Å²) in [7, 11) is 0. The maximum absolute atomic E-state index is 12.6. The fraction of sp³-hybridized carbons (Fsp3) is 0.111. The van der Waals surface area contributed by atoms with Crippen LogP contribution < -0.4 is 0 Å². The molecule has 1 atom stereocenters. The average molecular weight is 226 g/mol. The van der Waals surface area contributed by atoms with Crippen LogP contribution in [0.2, 0.25) is 0 Å². The number of aliphatic hydroxyl groups is 1. The van der Waals surface area contributed by atoms with E-state index in [0.717, 1.165) is 0 Å². The van der Waals surface area contributed by atoms with Gasteiger partial charge in [-0.25, -0.2) is 4.39 Å². The van der Waals surface area contributed by atoms with E-state index in [2.05, 4.69) is 22.8 Å². The van der Waals surface area contributed by atoms with E-state index in [1.807, 2.05) is 0 Å². The summed E-state index contributed by atoms with van der Waals surface area (Å²) in [6, 6.07) is 5.39. The van der Waals surface area contributed by atoms with Crippen molar-refractivity contribution in [2.24, 2.45) is 0 Å². The van der Waals surface area contributed by atoms with E-state index < -0.39 is 6.10 Å². The highest BCUT2D eigenvalue weighted by atomic mass is 32.1. The van der Waals surface area contributed by atoms with E-state index in [0.29, 0.717) is 5.56 Å². The predicted octanol–water partition coefficient (Wildman–Crippen LogP) is 1.58. The van der Waals surface area contributed by atoms with Crippen molar-refractivity contribution in [3.63, 3.8) is 0 Å². The van der Waals surface area contributed by atoms with Gasteiger partial charge in [0.15, 0.2) is 6.10 Å². The molecule has 2 aromatic rings. The minimum absolute atomic E-state index is 0.0339. The van der Waals surface area contributed by atoms with Gasteiger partial charge in [-0.1, -0.05) is 24.8 Å². The lowest BCUT2D eigenvalue weighted by Crippen LogP contribution is -1.99. The summed E-state index contributed by atoms with van der Waals surface area (Å²) in [5.41, 5.74) is 0.480. The van der Waals surface area contributed by atoms with Crippen molar-refractivity contribution in [3.05, 3.63) is 41.5 Å². The number of halogens is 1. The topological polar surface area (TPSA) is 59.2 Å². The number of thiol groups is 1. The average Bonchev–Trinajstić information content (AvgIpc) is 2.65. The van der Waals surface area contributed by atoms with Crippen molar-refractivity contribution in [2.75, 3.05) is 0 Å². The van der Waals surface area contributed by atoms with Crippen molar-refractivity contribution in [3.8, 4) is 0 Å². The lowest BCUT2D eigenvalue weighted by atomic mass is 10.1. The van der Waals surface area contributed by atoms with Gasteiger partial charge in [0.1, 0.15) is 5.82 Å². The first-order chi connectivity index (χ1) is 7.16. The Kier molecular flexibility index (Phi) is 2.70. The number of nitrogens with zero attached hydrogens (tertiary/aromatic N) is 2. The molecular formula is C9H7FN2O2S. The molecule has 0 aliphatic carbocycles. The molecule has 0 bridgehead atoms. The summed E-state index contributed by atoms with van der Waals surface area (Å²) < 4.78 is 17.5. The van der Waals surface area contributed by atoms with Crippen molar-refractivity contribution >= 4 is 12.6 Å². The number of benzene rings is 1. The largest absolute Gasteiger partial charge is 0.413 e. The fourth-order valence-electron chi connectivity index (χ4n) is 1.12. The van der Waals surface area contributed by atoms with Crippen LogP contribution in [0.15, 0.2) is 33.9 Å². The highest BCUT2D eigenvalue weighted by molar-refractivity contribution is 7.80. The molecule has 0 aliphatic rings. The zero-order chi connectivity index (χ0) is 10.8. The van der Waals surface area contributed by atoms with Gasteiger partial charge < -0.3 is 9.52 Å². The van der Waals surface area contributed by atoms with Gasteiger partial charge in [-0.3, -0.25) is 0 Å². The monoisotopic (exact) mass is 226 g/mol. The van der Waals surface area contributed by atoms with E-state index in [9.17, 15) is 9.50 Å². The van der Waals surface area contributed by atoms with E-state index >= 15 is 0 Å². The van der Waals surface area contributed by atoms with E-state index in [1.54, 1.807) is 0 Å². The third kappa shape index (κ3) is 2.16. The van der Waals surface area contributed by atoms with Crippen LogP contribution in [0.1, 0.15) is 17.6 Å². The lowest BCUT2D eigenvalue weighted by Gasteiger charge is -2.05. The summed E-state index contributed by atoms with van der Waals surface area (Å²) in [6.07, 6.45) is -1.06. The SMILES string of the molecule is OC(c1ccc(F)cc1)c1nnc(S)o1. The summed E-state index contributed by atoms with van der Waals surface area (Å²) in [6.45, 7) is 0. The first-order valence-electron chi connectivity index (χ1n) is 4.12. The minimum atomic E-state index is -1.06. The van der Waals surface area contributed by atoms with Crippen molar-refractivity contribution in [2.45, 2.75) is 11.3 Å². The second-order valence-electron chi connectivity index (χ2n) is 2.88. The van der Waals surface area contributed by atoms with Crippen LogP contribution in [0.5, 0.6) is 0 Å². The van der Waals surface area contributed by atoms with Crippen LogP contribution in [0.25, 0.3) is 0 Å². The maximum Gasteiger partial charge on any atom is 0.273 e. The Bertz CT molecular complexity index is 457. The fourth-order valence-corrected chi connectivity index (χ4v) is 1.26. The van der Waals surface area contributed by atoms with E-state index in [4.69, 9.17) is 4.42 Å². The number of aromatic nitrogens is 2. The van der Waals surface area contributed by atoms with Gasteiger partial charge in [-0.2, -0.15) is 0 Å². The Morgan fingerprint density at radius 2 is 1.93 bits per heavy atom. The Hall–Kier alpha value is -1.40. The molecule has 1 unspecified atom stereocenters. The van der Waals surface area contributed by atoms with Gasteiger partial charge in [0.25, 0.3) is 5.22 Å². The second-order valence-corrected chi connectivity index (χ2v) is 3.26. The predicted molar refractivity (Wildman–Crippen MR) is 52.0 cm³/mol. The van der Waals surface area contributed by atoms with Crippen molar-refractivity contribution in [1.82, 2.24) is 10.2 Å². The molecule has 0 saturated heterocycles. The molecule has 1 N–H and O–H groups in total. The van der Waals surface area contributed by atoms with Crippen molar-refractivity contribution < 1.29 is 13.9 Å². The van der Waals surface area contributed by atoms with Crippen LogP contribution in [-0.4, -0.2) is 15.3 Å². The maximum atomic E-state index is 12.6. The number of hydrogen-bond acceptors (Lipinski definition) is 5. The summed E-state index contributed by atoms with van der Waals surface area (Å²) >= 11 is 3.82. The Labute approximate surface area is 90.2 Å². The normalized spacial score (nSPS) is 12.7. The summed E-state index contributed by atoms with van der Waals surface area (Å²) in [5, 5.41) is 16.9. The van der Waals surface area contributed by atoms with Crippen LogP contribution in [0, 0.1) is 5.82 Å². The molecule has 0 aliphatic heterocycles. The van der Waals surface area contributed by atoms with E-state index in [1.165, 1.54) is 24.3 Å². The zero-order valence-corrected chi connectivity index (χ0v) is 8.36. The Balaban J connectivity index is 2.28. The quantitative estimate of drug-likeness (QED) is 0.763. The van der Waals surface area contributed by atoms with Crippen LogP contribution in [0.3, 0.4) is 0 Å². The molecule has 0 radical (unpaired) electrons. The summed E-state index contributed by atoms with van der Waals surface area (Å²) in [5.74, 6) is -0.335. The van der Waals surface area contributed by atoms with Crippen LogP contribution in [0.4, 0.5) is 4.39 Å². The van der Waals surface area contributed by atoms with Gasteiger partial charge in [-0.15, -0.1) is 10.2 Å². The van der Waals surface area contributed by atoms with Crippen molar-refractivity contribution in [1.29, 1.82) is 0 Å². The Morgan fingerprint density at radius 1 is 1.27 bits per heavy atom. The smallest absolute Gasteiger partial charge is 0.273 e. The molecule has 4 nitrogen and oxygen atoms in total. The van der Waals surface area contributed by atoms with E-state index in [-0.39, 0.29) is 16.9 Å². The minimum Gasteiger partial charge on any atom is -0.413 e. The zero-order valence-electron chi connectivity index (χ0n) is 7.46. The number of rotatable bonds is 2. The first kappa shape index (κ1) is 10.1. The molecule has 15 heavy (non-hydrogen) atoms. The molecule has 0 amide bonds. The van der Waals surface area contributed by atoms with Gasteiger partial charge in [0.2, 0.25) is 5.89 Å². The molecule has 1 heterocycles. The molecule has 0 spiro atoms. The molecular weight excluding hydrogens is 219 g/mol. The molecule has 0 fully saturated rings. The highest BCUT2D eigenvalue weighted by Crippen LogP contribution is 2.21. The van der Waals surface area contributed by atoms with Gasteiger partial charge in [-0.05, 0) is 17.7 Å². The van der Waals surface area contributed by atoms with Gasteiger partial charge >= 0.3 is 0 Å². The van der Waals surface area contributed by atoms with Crippen LogP contribution >= 0.6 is 12.6 Å². The molecule has 0 saturated carbocycles. The number of hydrogen-bond donors (Lipinski definition) is 2. The first-order valence-corrected chi connectivity index (χ1v) is 4.57. The summed E-state index contributed by atoms with van der Waals surface area (Å²) in [4.78, 5) is 0. The molecule has 1 aromatic carbocycles. The van der Waals surface area contributed by atoms with Crippen LogP contribution in [-0.2, 0) is 0 Å². The third-order valence-electron chi connectivity index (χ3n) is 1.85. The molecule has 6 heteroatoms. The molecule has 2 rings (SSSR count). The standard InChI is InChI=1S/C9H7FN2O2S/c10-6-3-1-5(2-4-6)7(13)8-11-12-9(15)14-8/h1-4,7,13H,(H,12,15). The second kappa shape index (κ2) is 4.00.